The molecule has 0 spiro atoms. The van der Waals surface area contributed by atoms with Gasteiger partial charge in [0.2, 0.25) is 5.91 Å². The summed E-state index contributed by atoms with van der Waals surface area (Å²) in [6.07, 6.45) is 1.25. The second-order valence-corrected chi connectivity index (χ2v) is 4.91. The number of amides is 1. The zero-order valence-corrected chi connectivity index (χ0v) is 11.4. The van der Waals surface area contributed by atoms with Gasteiger partial charge in [-0.05, 0) is 16.7 Å². The summed E-state index contributed by atoms with van der Waals surface area (Å²) in [6, 6.07) is 18.6. The third kappa shape index (κ3) is 2.48. The number of carbonyl (C=O) groups is 1. The van der Waals surface area contributed by atoms with Crippen LogP contribution in [0.3, 0.4) is 0 Å². The fourth-order valence-electron chi connectivity index (χ4n) is 2.36. The Balaban J connectivity index is 1.87. The summed E-state index contributed by atoms with van der Waals surface area (Å²) in [5, 5.41) is 5.77. The van der Waals surface area contributed by atoms with Crippen molar-refractivity contribution in [3.63, 3.8) is 0 Å². The maximum absolute atomic E-state index is 11.4. The summed E-state index contributed by atoms with van der Waals surface area (Å²) in [5.74, 6) is 0.0784. The molecule has 1 aliphatic rings. The van der Waals surface area contributed by atoms with Crippen molar-refractivity contribution in [1.82, 2.24) is 5.01 Å². The van der Waals surface area contributed by atoms with Gasteiger partial charge >= 0.3 is 0 Å². The fourth-order valence-corrected chi connectivity index (χ4v) is 2.36. The Bertz CT molecular complexity index is 644. The van der Waals surface area contributed by atoms with Crippen LogP contribution in [0, 0.1) is 0 Å². The Morgan fingerprint density at radius 1 is 0.850 bits per heavy atom. The van der Waals surface area contributed by atoms with E-state index in [0.717, 1.165) is 11.3 Å². The highest BCUT2D eigenvalue weighted by Crippen LogP contribution is 2.21. The molecule has 0 fully saturated rings. The third-order valence-electron chi connectivity index (χ3n) is 3.53. The molecule has 2 aromatic carbocycles. The van der Waals surface area contributed by atoms with Crippen molar-refractivity contribution in [2.45, 2.75) is 12.8 Å². The predicted octanol–water partition coefficient (Wildman–Crippen LogP) is 3.31. The molecule has 0 aliphatic carbocycles. The summed E-state index contributed by atoms with van der Waals surface area (Å²) in [5.41, 5.74) is 4.46. The molecule has 0 aromatic heterocycles. The molecule has 3 rings (SSSR count). The highest BCUT2D eigenvalue weighted by atomic mass is 16.2. The van der Waals surface area contributed by atoms with E-state index in [1.165, 1.54) is 16.1 Å². The van der Waals surface area contributed by atoms with E-state index in [-0.39, 0.29) is 5.91 Å². The largest absolute Gasteiger partial charge is 0.273 e. The van der Waals surface area contributed by atoms with Gasteiger partial charge in [0.1, 0.15) is 0 Å². The first-order valence-electron chi connectivity index (χ1n) is 6.74. The van der Waals surface area contributed by atoms with Gasteiger partial charge in [-0.15, -0.1) is 0 Å². The third-order valence-corrected chi connectivity index (χ3v) is 3.53. The summed E-state index contributed by atoms with van der Waals surface area (Å²) in [6.45, 7) is 0. The van der Waals surface area contributed by atoms with E-state index >= 15 is 0 Å². The Labute approximate surface area is 118 Å². The number of carbonyl (C=O) groups excluding carboxylic acids is 1. The highest BCUT2D eigenvalue weighted by Gasteiger charge is 2.17. The van der Waals surface area contributed by atoms with Crippen molar-refractivity contribution >= 4 is 11.6 Å². The summed E-state index contributed by atoms with van der Waals surface area (Å²) < 4.78 is 0. The van der Waals surface area contributed by atoms with Crippen LogP contribution in [-0.4, -0.2) is 23.7 Å². The molecule has 3 nitrogen and oxygen atoms in total. The van der Waals surface area contributed by atoms with Crippen LogP contribution in [0.25, 0.3) is 11.1 Å². The van der Waals surface area contributed by atoms with Crippen LogP contribution in [0.4, 0.5) is 0 Å². The maximum atomic E-state index is 11.4. The van der Waals surface area contributed by atoms with Crippen LogP contribution in [0.2, 0.25) is 0 Å². The maximum Gasteiger partial charge on any atom is 0.242 e. The van der Waals surface area contributed by atoms with Crippen LogP contribution >= 0.6 is 0 Å². The average molecular weight is 264 g/mol. The molecule has 0 radical (unpaired) electrons. The second kappa shape index (κ2) is 5.29. The Hall–Kier alpha value is -2.42. The van der Waals surface area contributed by atoms with E-state index in [4.69, 9.17) is 0 Å². The van der Waals surface area contributed by atoms with Crippen molar-refractivity contribution in [2.75, 3.05) is 7.05 Å². The molecule has 1 amide bonds. The van der Waals surface area contributed by atoms with Crippen LogP contribution in [0.15, 0.2) is 59.7 Å². The molecule has 0 N–H and O–H groups in total. The molecule has 1 aliphatic heterocycles. The normalized spacial score (nSPS) is 15.2. The molecule has 100 valence electrons. The number of benzene rings is 2. The monoisotopic (exact) mass is 264 g/mol. The van der Waals surface area contributed by atoms with Crippen molar-refractivity contribution in [2.24, 2.45) is 5.10 Å². The first kappa shape index (κ1) is 12.6. The van der Waals surface area contributed by atoms with Crippen LogP contribution in [0.5, 0.6) is 0 Å². The van der Waals surface area contributed by atoms with Gasteiger partial charge in [0.05, 0.1) is 5.71 Å². The lowest BCUT2D eigenvalue weighted by Crippen LogP contribution is -2.28. The van der Waals surface area contributed by atoms with Gasteiger partial charge in [-0.2, -0.15) is 5.10 Å². The van der Waals surface area contributed by atoms with Gasteiger partial charge < -0.3 is 0 Å². The molecule has 3 heteroatoms. The molecular formula is C17H16N2O. The van der Waals surface area contributed by atoms with Gasteiger partial charge in [-0.25, -0.2) is 5.01 Å². The van der Waals surface area contributed by atoms with E-state index in [2.05, 4.69) is 41.5 Å². The number of hydrogen-bond donors (Lipinski definition) is 0. The topological polar surface area (TPSA) is 32.7 Å². The number of nitrogens with zero attached hydrogens (tertiary/aromatic N) is 2. The van der Waals surface area contributed by atoms with Crippen molar-refractivity contribution in [3.8, 4) is 11.1 Å². The SMILES string of the molecule is CN1N=C(c2ccc(-c3ccccc3)cc2)CCC1=O. The average Bonchev–Trinajstić information content (AvgIpc) is 2.51. The minimum atomic E-state index is 0.0784. The van der Waals surface area contributed by atoms with Gasteiger partial charge in [0.25, 0.3) is 0 Å². The van der Waals surface area contributed by atoms with Crippen molar-refractivity contribution < 1.29 is 4.79 Å². The van der Waals surface area contributed by atoms with Gasteiger partial charge in [-0.3, -0.25) is 4.79 Å². The first-order valence-corrected chi connectivity index (χ1v) is 6.74. The van der Waals surface area contributed by atoms with Gasteiger partial charge in [0, 0.05) is 19.9 Å². The molecule has 0 saturated carbocycles. The second-order valence-electron chi connectivity index (χ2n) is 4.91. The standard InChI is InChI=1S/C17H16N2O/c1-19-17(20)12-11-16(18-19)15-9-7-14(8-10-15)13-5-3-2-4-6-13/h2-10H,11-12H2,1H3. The molecule has 0 bridgehead atoms. The minimum Gasteiger partial charge on any atom is -0.273 e. The molecular weight excluding hydrogens is 248 g/mol. The lowest BCUT2D eigenvalue weighted by Gasteiger charge is -2.19. The highest BCUT2D eigenvalue weighted by molar-refractivity contribution is 6.04. The molecule has 0 atom stereocenters. The molecule has 0 saturated heterocycles. The summed E-state index contributed by atoms with van der Waals surface area (Å²) >= 11 is 0. The lowest BCUT2D eigenvalue weighted by molar-refractivity contribution is -0.130. The van der Waals surface area contributed by atoms with Crippen molar-refractivity contribution in [1.29, 1.82) is 0 Å². The first-order chi connectivity index (χ1) is 9.74. The Morgan fingerprint density at radius 3 is 2.10 bits per heavy atom. The van der Waals surface area contributed by atoms with Crippen LogP contribution in [-0.2, 0) is 4.79 Å². The van der Waals surface area contributed by atoms with Crippen LogP contribution in [0.1, 0.15) is 18.4 Å². The smallest absolute Gasteiger partial charge is 0.242 e. The zero-order valence-electron chi connectivity index (χ0n) is 11.4. The molecule has 0 unspecified atom stereocenters. The minimum absolute atomic E-state index is 0.0784. The quantitative estimate of drug-likeness (QED) is 0.819. The van der Waals surface area contributed by atoms with E-state index < -0.39 is 0 Å². The lowest BCUT2D eigenvalue weighted by atomic mass is 10.00. The van der Waals surface area contributed by atoms with Gasteiger partial charge in [0.15, 0.2) is 0 Å². The number of hydrogen-bond acceptors (Lipinski definition) is 2. The van der Waals surface area contributed by atoms with Gasteiger partial charge in [-0.1, -0.05) is 54.6 Å². The summed E-state index contributed by atoms with van der Waals surface area (Å²) in [4.78, 5) is 11.4. The van der Waals surface area contributed by atoms with E-state index in [9.17, 15) is 4.79 Å². The zero-order chi connectivity index (χ0) is 13.9. The van der Waals surface area contributed by atoms with E-state index in [1.807, 2.05) is 18.2 Å². The molecule has 2 aromatic rings. The number of rotatable bonds is 2. The van der Waals surface area contributed by atoms with Crippen molar-refractivity contribution in [3.05, 3.63) is 60.2 Å². The molecule has 1 heterocycles. The molecule has 20 heavy (non-hydrogen) atoms. The van der Waals surface area contributed by atoms with Crippen LogP contribution < -0.4 is 0 Å². The number of hydrazone groups is 1. The Morgan fingerprint density at radius 2 is 1.45 bits per heavy atom. The van der Waals surface area contributed by atoms with E-state index in [1.54, 1.807) is 7.05 Å². The fraction of sp³-hybridized carbons (Fsp3) is 0.176. The Kier molecular flexibility index (Phi) is 3.33. The van der Waals surface area contributed by atoms with E-state index in [0.29, 0.717) is 12.8 Å². The predicted molar refractivity (Wildman–Crippen MR) is 80.4 cm³/mol. The summed E-state index contributed by atoms with van der Waals surface area (Å²) in [7, 11) is 1.71.